The van der Waals surface area contributed by atoms with Crippen molar-refractivity contribution in [2.45, 2.75) is 17.7 Å². The second kappa shape index (κ2) is 10.9. The van der Waals surface area contributed by atoms with Gasteiger partial charge in [0, 0.05) is 17.9 Å². The monoisotopic (exact) mass is 540 g/mol. The molecule has 0 radical (unpaired) electrons. The molecule has 0 bridgehead atoms. The number of hydrogen-bond acceptors (Lipinski definition) is 4. The Bertz CT molecular complexity index is 1490. The highest BCUT2D eigenvalue weighted by atomic mass is 35.5. The molecule has 0 aliphatic carbocycles. The number of hydrazone groups is 1. The third-order valence-electron chi connectivity index (χ3n) is 5.32. The van der Waals surface area contributed by atoms with Gasteiger partial charge in [-0.05, 0) is 47.5 Å². The second-order valence-electron chi connectivity index (χ2n) is 8.04. The van der Waals surface area contributed by atoms with E-state index < -0.39 is 21.7 Å². The predicted molar refractivity (Wildman–Crippen MR) is 140 cm³/mol. The lowest BCUT2D eigenvalue weighted by Gasteiger charge is -2.16. The zero-order valence-electron chi connectivity index (χ0n) is 19.5. The lowest BCUT2D eigenvalue weighted by molar-refractivity contribution is -0.117. The molecule has 4 rings (SSSR count). The largest absolute Gasteiger partial charge is 0.369 e. The summed E-state index contributed by atoms with van der Waals surface area (Å²) in [5.74, 6) is -2.12. The van der Waals surface area contributed by atoms with E-state index in [1.165, 1.54) is 11.9 Å². The van der Waals surface area contributed by atoms with Gasteiger partial charge in [0.15, 0.2) is 0 Å². The first-order chi connectivity index (χ1) is 17.6. The Labute approximate surface area is 218 Å². The van der Waals surface area contributed by atoms with Gasteiger partial charge in [-0.3, -0.25) is 10.1 Å². The van der Waals surface area contributed by atoms with E-state index in [0.717, 1.165) is 35.4 Å². The van der Waals surface area contributed by atoms with E-state index in [2.05, 4.69) is 19.8 Å². The third kappa shape index (κ3) is 6.38. The van der Waals surface area contributed by atoms with Gasteiger partial charge in [-0.25, -0.2) is 9.40 Å². The molecule has 0 saturated heterocycles. The minimum Gasteiger partial charge on any atom is -0.369 e. The van der Waals surface area contributed by atoms with Crippen LogP contribution < -0.4 is 11.1 Å². The summed E-state index contributed by atoms with van der Waals surface area (Å²) in [6.45, 7) is 1.41. The van der Waals surface area contributed by atoms with Crippen molar-refractivity contribution < 1.29 is 17.6 Å². The SMILES string of the molecule is CC(=O)N/C(N)=N/C(=N/S(=O)(=O)c1ccc(F)cc1)N1CC(c2ccccc2)C(c2ccc(Cl)cc2)=N1. The Hall–Kier alpha value is -4.09. The van der Waals surface area contributed by atoms with Crippen LogP contribution in [0.25, 0.3) is 0 Å². The first-order valence-corrected chi connectivity index (χ1v) is 12.8. The van der Waals surface area contributed by atoms with Crippen LogP contribution in [-0.2, 0) is 14.8 Å². The molecule has 9 nitrogen and oxygen atoms in total. The lowest BCUT2D eigenvalue weighted by atomic mass is 9.91. The molecule has 1 aliphatic rings. The van der Waals surface area contributed by atoms with Crippen LogP contribution in [0.5, 0.6) is 0 Å². The average molecular weight is 541 g/mol. The highest BCUT2D eigenvalue weighted by molar-refractivity contribution is 7.90. The molecule has 1 amide bonds. The molecule has 12 heteroatoms. The number of rotatable bonds is 4. The minimum absolute atomic E-state index is 0.177. The van der Waals surface area contributed by atoms with Crippen LogP contribution in [0, 0.1) is 5.82 Å². The maximum atomic E-state index is 13.4. The number of hydrogen-bond donors (Lipinski definition) is 2. The summed E-state index contributed by atoms with van der Waals surface area (Å²) in [7, 11) is -4.34. The maximum Gasteiger partial charge on any atom is 0.285 e. The summed E-state index contributed by atoms with van der Waals surface area (Å²) in [5, 5.41) is 8.80. The summed E-state index contributed by atoms with van der Waals surface area (Å²) >= 11 is 6.06. The molecule has 1 aliphatic heterocycles. The number of halogens is 2. The summed E-state index contributed by atoms with van der Waals surface area (Å²) in [6.07, 6.45) is 0. The quantitative estimate of drug-likeness (QED) is 0.386. The van der Waals surface area contributed by atoms with Gasteiger partial charge in [0.25, 0.3) is 16.0 Å². The van der Waals surface area contributed by atoms with Crippen LogP contribution in [0.15, 0.2) is 98.2 Å². The Kier molecular flexibility index (Phi) is 7.65. The molecule has 1 unspecified atom stereocenters. The van der Waals surface area contributed by atoms with E-state index in [0.29, 0.717) is 10.7 Å². The second-order valence-corrected chi connectivity index (χ2v) is 10.1. The number of sulfonamides is 1. The van der Waals surface area contributed by atoms with Gasteiger partial charge >= 0.3 is 0 Å². The number of nitrogens with one attached hydrogen (secondary N) is 1. The number of aliphatic imine (C=N–C) groups is 1. The molecule has 3 aromatic carbocycles. The summed E-state index contributed by atoms with van der Waals surface area (Å²) < 4.78 is 43.3. The van der Waals surface area contributed by atoms with E-state index in [4.69, 9.17) is 17.3 Å². The molecule has 0 fully saturated rings. The van der Waals surface area contributed by atoms with Gasteiger partial charge in [-0.2, -0.15) is 18.5 Å². The Morgan fingerprint density at radius 3 is 2.35 bits per heavy atom. The van der Waals surface area contributed by atoms with Crippen molar-refractivity contribution in [3.8, 4) is 0 Å². The van der Waals surface area contributed by atoms with Crippen molar-refractivity contribution in [2.24, 2.45) is 20.2 Å². The zero-order chi connectivity index (χ0) is 26.6. The topological polar surface area (TPSA) is 130 Å². The van der Waals surface area contributed by atoms with Crippen LogP contribution in [0.2, 0.25) is 5.02 Å². The number of guanidine groups is 2. The number of carbonyl (C=O) groups is 1. The van der Waals surface area contributed by atoms with Gasteiger partial charge in [0.1, 0.15) is 5.82 Å². The normalized spacial score (nSPS) is 16.5. The van der Waals surface area contributed by atoms with Gasteiger partial charge in [-0.1, -0.05) is 54.1 Å². The molecule has 0 spiro atoms. The first kappa shape index (κ1) is 26.0. The Morgan fingerprint density at radius 2 is 1.73 bits per heavy atom. The predicted octanol–water partition coefficient (Wildman–Crippen LogP) is 3.48. The van der Waals surface area contributed by atoms with Crippen molar-refractivity contribution in [2.75, 3.05) is 6.54 Å². The zero-order valence-corrected chi connectivity index (χ0v) is 21.1. The number of carbonyl (C=O) groups excluding carboxylic acids is 1. The van der Waals surface area contributed by atoms with E-state index in [9.17, 15) is 17.6 Å². The van der Waals surface area contributed by atoms with E-state index in [-0.39, 0.29) is 29.3 Å². The number of benzene rings is 3. The lowest BCUT2D eigenvalue weighted by Crippen LogP contribution is -2.37. The van der Waals surface area contributed by atoms with E-state index in [1.54, 1.807) is 12.1 Å². The Balaban J connectivity index is 1.83. The smallest absolute Gasteiger partial charge is 0.285 e. The van der Waals surface area contributed by atoms with Gasteiger partial charge < -0.3 is 5.73 Å². The third-order valence-corrected chi connectivity index (χ3v) is 6.85. The van der Waals surface area contributed by atoms with Gasteiger partial charge in [0.05, 0.1) is 17.2 Å². The number of amides is 1. The highest BCUT2D eigenvalue weighted by Gasteiger charge is 2.32. The van der Waals surface area contributed by atoms with Crippen molar-refractivity contribution in [3.05, 3.63) is 101 Å². The van der Waals surface area contributed by atoms with Crippen molar-refractivity contribution in [1.82, 2.24) is 10.3 Å². The molecule has 3 N–H and O–H groups in total. The van der Waals surface area contributed by atoms with Crippen molar-refractivity contribution in [1.29, 1.82) is 0 Å². The van der Waals surface area contributed by atoms with Crippen LogP contribution in [-0.4, -0.2) is 43.5 Å². The van der Waals surface area contributed by atoms with Crippen LogP contribution >= 0.6 is 11.6 Å². The van der Waals surface area contributed by atoms with Crippen LogP contribution in [0.1, 0.15) is 24.0 Å². The summed E-state index contributed by atoms with van der Waals surface area (Å²) in [5.41, 5.74) is 8.15. The fraction of sp³-hybridized carbons (Fsp3) is 0.120. The highest BCUT2D eigenvalue weighted by Crippen LogP contribution is 2.30. The molecular weight excluding hydrogens is 519 g/mol. The first-order valence-electron chi connectivity index (χ1n) is 11.0. The van der Waals surface area contributed by atoms with Crippen LogP contribution in [0.3, 0.4) is 0 Å². The van der Waals surface area contributed by atoms with Gasteiger partial charge in [-0.15, -0.1) is 4.40 Å². The molecule has 0 saturated carbocycles. The fourth-order valence-corrected chi connectivity index (χ4v) is 4.72. The maximum absolute atomic E-state index is 13.4. The molecule has 37 heavy (non-hydrogen) atoms. The van der Waals surface area contributed by atoms with E-state index >= 15 is 0 Å². The van der Waals surface area contributed by atoms with Crippen molar-refractivity contribution in [3.63, 3.8) is 0 Å². The number of nitrogens with zero attached hydrogens (tertiary/aromatic N) is 4. The average Bonchev–Trinajstić information content (AvgIpc) is 3.30. The van der Waals surface area contributed by atoms with Crippen molar-refractivity contribution >= 4 is 45.2 Å². The number of nitrogens with two attached hydrogens (primary N) is 1. The van der Waals surface area contributed by atoms with Gasteiger partial charge in [0.2, 0.25) is 11.9 Å². The Morgan fingerprint density at radius 1 is 1.08 bits per heavy atom. The molecule has 190 valence electrons. The van der Waals surface area contributed by atoms with E-state index in [1.807, 2.05) is 42.5 Å². The molecular formula is C25H22ClFN6O3S. The minimum atomic E-state index is -4.34. The van der Waals surface area contributed by atoms with Crippen LogP contribution in [0.4, 0.5) is 4.39 Å². The molecule has 1 heterocycles. The molecule has 1 atom stereocenters. The fourth-order valence-electron chi connectivity index (χ4n) is 3.66. The molecule has 0 aromatic heterocycles. The standard InChI is InChI=1S/C25H22ClFN6O3S/c1-16(34)29-24(28)30-25(32-37(35,36)21-13-11-20(27)12-14-21)33-15-22(17-5-3-2-4-6-17)23(31-33)18-7-9-19(26)10-8-18/h2-14,22H,15H2,1H3,(H3,28,29,30,32,34). The summed E-state index contributed by atoms with van der Waals surface area (Å²) in [4.78, 5) is 15.3. The summed E-state index contributed by atoms with van der Waals surface area (Å²) in [6, 6.07) is 20.8. The molecule has 3 aromatic rings.